The first kappa shape index (κ1) is 21.8. The first-order chi connectivity index (χ1) is 14.5. The van der Waals surface area contributed by atoms with Gasteiger partial charge in [-0.3, -0.25) is 0 Å². The molecule has 0 saturated heterocycles. The molecule has 13 heteroatoms. The summed E-state index contributed by atoms with van der Waals surface area (Å²) in [6.45, 7) is 0. The summed E-state index contributed by atoms with van der Waals surface area (Å²) in [5, 5.41) is 5.65. The van der Waals surface area contributed by atoms with Crippen LogP contribution in [0.15, 0.2) is 54.9 Å². The maximum Gasteiger partial charge on any atom is 0.573 e. The molecule has 7 nitrogen and oxygen atoms in total. The van der Waals surface area contributed by atoms with Gasteiger partial charge in [0.2, 0.25) is 0 Å². The molecule has 3 rings (SSSR count). The standard InChI is InChI=1S/C18H13F6N5O2/c19-17(20,21)30-12-5-1-10(2-6-12)28-15-14(25)16(27-9-26-15)29-11-3-7-13(8-4-11)31-18(22,23)24/h1-9H,25H2,(H2,26,27,28,29). The minimum absolute atomic E-state index is 0.0636. The van der Waals surface area contributed by atoms with Crippen LogP contribution in [-0.2, 0) is 0 Å². The quantitative estimate of drug-likeness (QED) is 0.441. The summed E-state index contributed by atoms with van der Waals surface area (Å²) in [5.74, 6) is -0.485. The van der Waals surface area contributed by atoms with Crippen molar-refractivity contribution in [2.45, 2.75) is 12.7 Å². The van der Waals surface area contributed by atoms with Crippen LogP contribution in [0.5, 0.6) is 11.5 Å². The molecule has 0 aliphatic heterocycles. The van der Waals surface area contributed by atoms with Crippen molar-refractivity contribution in [3.8, 4) is 11.5 Å². The lowest BCUT2D eigenvalue weighted by Gasteiger charge is -2.14. The lowest BCUT2D eigenvalue weighted by Crippen LogP contribution is -2.17. The number of anilines is 5. The highest BCUT2D eigenvalue weighted by Gasteiger charge is 2.31. The van der Waals surface area contributed by atoms with E-state index in [-0.39, 0.29) is 17.3 Å². The zero-order valence-corrected chi connectivity index (χ0v) is 15.3. The van der Waals surface area contributed by atoms with Gasteiger partial charge in [0.1, 0.15) is 23.5 Å². The summed E-state index contributed by atoms with van der Waals surface area (Å²) in [6.07, 6.45) is -8.43. The molecule has 0 fully saturated rings. The highest BCUT2D eigenvalue weighted by molar-refractivity contribution is 5.80. The molecule has 2 aromatic carbocycles. The number of ether oxygens (including phenoxy) is 2. The fourth-order valence-electron chi connectivity index (χ4n) is 2.35. The van der Waals surface area contributed by atoms with Gasteiger partial charge in [-0.1, -0.05) is 0 Å². The second-order valence-corrected chi connectivity index (χ2v) is 5.88. The summed E-state index contributed by atoms with van der Waals surface area (Å²) in [5.41, 5.74) is 6.82. The number of rotatable bonds is 6. The number of halogens is 6. The van der Waals surface area contributed by atoms with Crippen molar-refractivity contribution in [3.63, 3.8) is 0 Å². The molecule has 4 N–H and O–H groups in total. The molecule has 31 heavy (non-hydrogen) atoms. The largest absolute Gasteiger partial charge is 0.573 e. The normalized spacial score (nSPS) is 11.7. The first-order valence-corrected chi connectivity index (χ1v) is 8.35. The van der Waals surface area contributed by atoms with Crippen LogP contribution < -0.4 is 25.8 Å². The third kappa shape index (κ3) is 6.55. The van der Waals surface area contributed by atoms with E-state index in [1.54, 1.807) is 0 Å². The topological polar surface area (TPSA) is 94.3 Å². The number of nitrogen functional groups attached to an aromatic ring is 1. The summed E-state index contributed by atoms with van der Waals surface area (Å²) < 4.78 is 80.9. The van der Waals surface area contributed by atoms with E-state index in [4.69, 9.17) is 5.73 Å². The number of hydrogen-bond donors (Lipinski definition) is 3. The van der Waals surface area contributed by atoms with Crippen LogP contribution in [0, 0.1) is 0 Å². The molecule has 3 aromatic rings. The smallest absolute Gasteiger partial charge is 0.406 e. The maximum atomic E-state index is 12.2. The van der Waals surface area contributed by atoms with E-state index in [0.717, 1.165) is 24.3 Å². The number of alkyl halides is 6. The van der Waals surface area contributed by atoms with E-state index in [1.165, 1.54) is 30.6 Å². The Bertz CT molecular complexity index is 944. The Kier molecular flexibility index (Phi) is 5.95. The van der Waals surface area contributed by atoms with Gasteiger partial charge in [0.25, 0.3) is 0 Å². The van der Waals surface area contributed by atoms with Crippen LogP contribution in [0.25, 0.3) is 0 Å². The van der Waals surface area contributed by atoms with Gasteiger partial charge in [0.05, 0.1) is 0 Å². The Morgan fingerprint density at radius 3 is 1.32 bits per heavy atom. The number of nitrogens with two attached hydrogens (primary N) is 1. The molecule has 0 atom stereocenters. The Morgan fingerprint density at radius 1 is 0.645 bits per heavy atom. The molecule has 0 amide bonds. The van der Waals surface area contributed by atoms with Crippen molar-refractivity contribution in [3.05, 3.63) is 54.9 Å². The minimum atomic E-state index is -4.80. The van der Waals surface area contributed by atoms with Crippen LogP contribution in [0.2, 0.25) is 0 Å². The molecule has 0 radical (unpaired) electrons. The van der Waals surface area contributed by atoms with Gasteiger partial charge in [0, 0.05) is 11.4 Å². The van der Waals surface area contributed by atoms with Crippen molar-refractivity contribution >= 4 is 28.7 Å². The van der Waals surface area contributed by atoms with E-state index in [1.807, 2.05) is 0 Å². The van der Waals surface area contributed by atoms with E-state index in [9.17, 15) is 26.3 Å². The van der Waals surface area contributed by atoms with E-state index in [2.05, 4.69) is 30.1 Å². The lowest BCUT2D eigenvalue weighted by molar-refractivity contribution is -0.275. The Labute approximate surface area is 170 Å². The van der Waals surface area contributed by atoms with Crippen LogP contribution in [0.3, 0.4) is 0 Å². The van der Waals surface area contributed by atoms with Crippen molar-refractivity contribution < 1.29 is 35.8 Å². The summed E-state index contributed by atoms with van der Waals surface area (Å²) >= 11 is 0. The Balaban J connectivity index is 1.70. The molecule has 0 aliphatic rings. The number of benzene rings is 2. The van der Waals surface area contributed by atoms with Crippen LogP contribution in [0.1, 0.15) is 0 Å². The highest BCUT2D eigenvalue weighted by Crippen LogP contribution is 2.31. The zero-order valence-electron chi connectivity index (χ0n) is 15.3. The molecule has 0 saturated carbocycles. The molecule has 1 heterocycles. The summed E-state index contributed by atoms with van der Waals surface area (Å²) in [6, 6.07) is 9.75. The van der Waals surface area contributed by atoms with Gasteiger partial charge in [-0.2, -0.15) is 0 Å². The highest BCUT2D eigenvalue weighted by atomic mass is 19.4. The number of nitrogens with zero attached hydrogens (tertiary/aromatic N) is 2. The van der Waals surface area contributed by atoms with Gasteiger partial charge in [-0.15, -0.1) is 26.3 Å². The van der Waals surface area contributed by atoms with Gasteiger partial charge < -0.3 is 25.8 Å². The SMILES string of the molecule is Nc1c(Nc2ccc(OC(F)(F)F)cc2)ncnc1Nc1ccc(OC(F)(F)F)cc1. The molecule has 0 bridgehead atoms. The van der Waals surface area contributed by atoms with Crippen molar-refractivity contribution in [1.29, 1.82) is 0 Å². The third-order valence-electron chi connectivity index (χ3n) is 3.59. The predicted molar refractivity (Wildman–Crippen MR) is 99.3 cm³/mol. The molecule has 1 aromatic heterocycles. The number of aromatic nitrogens is 2. The monoisotopic (exact) mass is 445 g/mol. The predicted octanol–water partition coefficient (Wildman–Crippen LogP) is 5.34. The molecule has 0 aliphatic carbocycles. The zero-order chi connectivity index (χ0) is 22.6. The fraction of sp³-hybridized carbons (Fsp3) is 0.111. The van der Waals surface area contributed by atoms with Crippen LogP contribution >= 0.6 is 0 Å². The van der Waals surface area contributed by atoms with E-state index >= 15 is 0 Å². The van der Waals surface area contributed by atoms with E-state index < -0.39 is 24.2 Å². The lowest BCUT2D eigenvalue weighted by atomic mass is 10.3. The van der Waals surface area contributed by atoms with E-state index in [0.29, 0.717) is 11.4 Å². The fourth-order valence-corrected chi connectivity index (χ4v) is 2.35. The van der Waals surface area contributed by atoms with Crippen molar-refractivity contribution in [1.82, 2.24) is 9.97 Å². The average molecular weight is 445 g/mol. The molecule has 0 unspecified atom stereocenters. The average Bonchev–Trinajstić information content (AvgIpc) is 2.66. The summed E-state index contributed by atoms with van der Waals surface area (Å²) in [4.78, 5) is 7.94. The van der Waals surface area contributed by atoms with Crippen molar-refractivity contribution in [2.24, 2.45) is 0 Å². The van der Waals surface area contributed by atoms with Gasteiger partial charge >= 0.3 is 12.7 Å². The molecular formula is C18H13F6N5O2. The number of hydrogen-bond acceptors (Lipinski definition) is 7. The van der Waals surface area contributed by atoms with Crippen LogP contribution in [-0.4, -0.2) is 22.7 Å². The Hall–Kier alpha value is -3.90. The second-order valence-electron chi connectivity index (χ2n) is 5.88. The van der Waals surface area contributed by atoms with Gasteiger partial charge in [-0.25, -0.2) is 9.97 Å². The Morgan fingerprint density at radius 2 is 1.00 bits per heavy atom. The maximum absolute atomic E-state index is 12.2. The minimum Gasteiger partial charge on any atom is -0.406 e. The van der Waals surface area contributed by atoms with Gasteiger partial charge in [-0.05, 0) is 48.5 Å². The third-order valence-corrected chi connectivity index (χ3v) is 3.59. The van der Waals surface area contributed by atoms with Gasteiger partial charge in [0.15, 0.2) is 11.6 Å². The molecule has 164 valence electrons. The van der Waals surface area contributed by atoms with Crippen molar-refractivity contribution in [2.75, 3.05) is 16.4 Å². The molecule has 0 spiro atoms. The van der Waals surface area contributed by atoms with Crippen LogP contribution in [0.4, 0.5) is 55.0 Å². The number of nitrogens with one attached hydrogen (secondary N) is 2. The summed E-state index contributed by atoms with van der Waals surface area (Å²) in [7, 11) is 0. The molecular weight excluding hydrogens is 432 g/mol. The second kappa shape index (κ2) is 8.45. The first-order valence-electron chi connectivity index (χ1n) is 8.35.